The Kier molecular flexibility index (Phi) is 7.05. The molecule has 1 saturated carbocycles. The highest BCUT2D eigenvalue weighted by Gasteiger charge is 2.30. The molecule has 0 spiro atoms. The van der Waals surface area contributed by atoms with E-state index >= 15 is 0 Å². The molecule has 2 heterocycles. The fourth-order valence-corrected chi connectivity index (χ4v) is 3.49. The largest absolute Gasteiger partial charge is 0.494 e. The van der Waals surface area contributed by atoms with E-state index in [0.717, 1.165) is 25.7 Å². The van der Waals surface area contributed by atoms with Crippen LogP contribution >= 0.6 is 0 Å². The molecule has 0 radical (unpaired) electrons. The molecular weight excluding hydrogens is 436 g/mol. The van der Waals surface area contributed by atoms with Gasteiger partial charge >= 0.3 is 0 Å². The van der Waals surface area contributed by atoms with Crippen LogP contribution in [0.25, 0.3) is 11.4 Å². The third-order valence-corrected chi connectivity index (χ3v) is 5.52. The maximum Gasteiger partial charge on any atom is 0.254 e. The van der Waals surface area contributed by atoms with Gasteiger partial charge in [-0.2, -0.15) is 4.98 Å². The second kappa shape index (κ2) is 10.3. The van der Waals surface area contributed by atoms with E-state index in [1.807, 2.05) is 18.2 Å². The molecule has 0 bridgehead atoms. The van der Waals surface area contributed by atoms with E-state index in [1.165, 1.54) is 6.20 Å². The second-order valence-electron chi connectivity index (χ2n) is 8.08. The van der Waals surface area contributed by atoms with Gasteiger partial charge in [0.05, 0.1) is 29.6 Å². The summed E-state index contributed by atoms with van der Waals surface area (Å²) in [5, 5.41) is 12.8. The molecule has 0 aliphatic heterocycles. The molecule has 10 heteroatoms. The minimum absolute atomic E-state index is 0.0331. The second-order valence-corrected chi connectivity index (χ2v) is 8.08. The normalized spacial score (nSPS) is 12.8. The lowest BCUT2D eigenvalue weighted by Gasteiger charge is -2.16. The summed E-state index contributed by atoms with van der Waals surface area (Å²) < 4.78 is 11.1. The Balaban J connectivity index is 1.66. The highest BCUT2D eigenvalue weighted by molar-refractivity contribution is 6.01. The van der Waals surface area contributed by atoms with Crippen molar-refractivity contribution in [2.75, 3.05) is 24.8 Å². The standard InChI is InChI=1S/C24H28N6O4/c1-4-5-9-20-29-22(30-34-20)15-7-6-8-17(21(15)33-3)27-18-12-19(28-23(31)14-10-11-14)26-13-16(18)24(32)25-2/h6-8,12-14H,4-5,9-11H2,1-3H3,(H,25,32)(H2,26,27,28,31). The summed E-state index contributed by atoms with van der Waals surface area (Å²) in [7, 11) is 3.10. The number of carbonyl (C=O) groups excluding carboxylic acids is 2. The lowest BCUT2D eigenvalue weighted by atomic mass is 10.1. The molecule has 4 rings (SSSR count). The van der Waals surface area contributed by atoms with Gasteiger partial charge in [-0.15, -0.1) is 0 Å². The average molecular weight is 465 g/mol. The van der Waals surface area contributed by atoms with Crippen molar-refractivity contribution in [1.82, 2.24) is 20.4 Å². The van der Waals surface area contributed by atoms with Crippen molar-refractivity contribution < 1.29 is 18.8 Å². The first-order valence-electron chi connectivity index (χ1n) is 11.3. The first-order valence-corrected chi connectivity index (χ1v) is 11.3. The van der Waals surface area contributed by atoms with E-state index in [-0.39, 0.29) is 17.7 Å². The molecule has 1 aromatic carbocycles. The number of aryl methyl sites for hydroxylation is 1. The predicted octanol–water partition coefficient (Wildman–Crippen LogP) is 3.93. The van der Waals surface area contributed by atoms with Crippen molar-refractivity contribution in [1.29, 1.82) is 0 Å². The molecule has 0 unspecified atom stereocenters. The maximum absolute atomic E-state index is 12.5. The van der Waals surface area contributed by atoms with Crippen LogP contribution in [-0.2, 0) is 11.2 Å². The van der Waals surface area contributed by atoms with Crippen molar-refractivity contribution >= 4 is 29.0 Å². The fraction of sp³-hybridized carbons (Fsp3) is 0.375. The molecule has 2 aromatic heterocycles. The number of hydrogen-bond acceptors (Lipinski definition) is 8. The fourth-order valence-electron chi connectivity index (χ4n) is 3.49. The summed E-state index contributed by atoms with van der Waals surface area (Å²) in [4.78, 5) is 33.4. The van der Waals surface area contributed by atoms with Crippen molar-refractivity contribution in [2.24, 2.45) is 5.92 Å². The molecule has 3 N–H and O–H groups in total. The number of benzene rings is 1. The van der Waals surface area contributed by atoms with E-state index in [2.05, 4.69) is 38.0 Å². The van der Waals surface area contributed by atoms with E-state index < -0.39 is 0 Å². The Hall–Kier alpha value is -3.95. The van der Waals surface area contributed by atoms with Crippen molar-refractivity contribution in [3.8, 4) is 17.1 Å². The monoisotopic (exact) mass is 464 g/mol. The summed E-state index contributed by atoms with van der Waals surface area (Å²) in [5.74, 6) is 1.50. The summed E-state index contributed by atoms with van der Waals surface area (Å²) >= 11 is 0. The molecule has 0 saturated heterocycles. The van der Waals surface area contributed by atoms with Crippen LogP contribution < -0.4 is 20.7 Å². The number of para-hydroxylation sites is 1. The van der Waals surface area contributed by atoms with E-state index in [4.69, 9.17) is 9.26 Å². The summed E-state index contributed by atoms with van der Waals surface area (Å²) in [5.41, 5.74) is 2.03. The number of nitrogens with one attached hydrogen (secondary N) is 3. The lowest BCUT2D eigenvalue weighted by Crippen LogP contribution is -2.20. The highest BCUT2D eigenvalue weighted by Crippen LogP contribution is 2.38. The third kappa shape index (κ3) is 5.16. The number of aromatic nitrogens is 3. The predicted molar refractivity (Wildman–Crippen MR) is 127 cm³/mol. The van der Waals surface area contributed by atoms with Crippen molar-refractivity contribution in [3.63, 3.8) is 0 Å². The zero-order valence-electron chi connectivity index (χ0n) is 19.5. The number of anilines is 3. The first-order chi connectivity index (χ1) is 16.5. The van der Waals surface area contributed by atoms with Crippen LogP contribution in [0.1, 0.15) is 48.9 Å². The van der Waals surface area contributed by atoms with Crippen LogP contribution in [0.4, 0.5) is 17.2 Å². The van der Waals surface area contributed by atoms with E-state index in [1.54, 1.807) is 20.2 Å². The van der Waals surface area contributed by atoms with Crippen LogP contribution in [0.5, 0.6) is 5.75 Å². The number of amides is 2. The minimum Gasteiger partial charge on any atom is -0.494 e. The van der Waals surface area contributed by atoms with Gasteiger partial charge in [-0.05, 0) is 31.4 Å². The minimum atomic E-state index is -0.316. The average Bonchev–Trinajstić information content (AvgIpc) is 3.60. The Morgan fingerprint density at radius 1 is 1.24 bits per heavy atom. The smallest absolute Gasteiger partial charge is 0.254 e. The highest BCUT2D eigenvalue weighted by atomic mass is 16.5. The summed E-state index contributed by atoms with van der Waals surface area (Å²) in [6, 6.07) is 7.12. The first kappa shape index (κ1) is 23.2. The SMILES string of the molecule is CCCCc1nc(-c2cccc(Nc3cc(NC(=O)C4CC4)ncc3C(=O)NC)c2OC)no1. The van der Waals surface area contributed by atoms with Gasteiger partial charge in [0, 0.05) is 31.6 Å². The number of methoxy groups -OCH3 is 1. The van der Waals surface area contributed by atoms with Crippen LogP contribution in [0.3, 0.4) is 0 Å². The molecule has 3 aromatic rings. The van der Waals surface area contributed by atoms with Gasteiger partial charge in [0.1, 0.15) is 5.82 Å². The zero-order chi connectivity index (χ0) is 24.1. The Morgan fingerprint density at radius 2 is 2.06 bits per heavy atom. The van der Waals surface area contributed by atoms with Gasteiger partial charge in [-0.3, -0.25) is 9.59 Å². The number of hydrogen-bond donors (Lipinski definition) is 3. The third-order valence-electron chi connectivity index (χ3n) is 5.52. The molecule has 1 aliphatic carbocycles. The topological polar surface area (TPSA) is 131 Å². The molecule has 1 aliphatic rings. The van der Waals surface area contributed by atoms with Crippen LogP contribution in [0.2, 0.25) is 0 Å². The van der Waals surface area contributed by atoms with Gasteiger partial charge in [0.15, 0.2) is 5.75 Å². The van der Waals surface area contributed by atoms with Gasteiger partial charge in [0.25, 0.3) is 5.91 Å². The quantitative estimate of drug-likeness (QED) is 0.411. The molecule has 0 atom stereocenters. The van der Waals surface area contributed by atoms with Crippen LogP contribution in [0, 0.1) is 5.92 Å². The Labute approximate surface area is 197 Å². The van der Waals surface area contributed by atoms with Crippen LogP contribution in [-0.4, -0.2) is 41.1 Å². The number of pyridine rings is 1. The van der Waals surface area contributed by atoms with Gasteiger partial charge < -0.3 is 25.2 Å². The lowest BCUT2D eigenvalue weighted by molar-refractivity contribution is -0.117. The molecule has 34 heavy (non-hydrogen) atoms. The Bertz CT molecular complexity index is 1190. The molecule has 178 valence electrons. The molecule has 10 nitrogen and oxygen atoms in total. The van der Waals surface area contributed by atoms with Crippen LogP contribution in [0.15, 0.2) is 35.0 Å². The molecule has 1 fully saturated rings. The maximum atomic E-state index is 12.5. The number of carbonyl (C=O) groups is 2. The zero-order valence-corrected chi connectivity index (χ0v) is 19.5. The van der Waals surface area contributed by atoms with Crippen molar-refractivity contribution in [3.05, 3.63) is 41.9 Å². The summed E-state index contributed by atoms with van der Waals surface area (Å²) in [6.07, 6.45) is 5.90. The van der Waals surface area contributed by atoms with E-state index in [0.29, 0.717) is 52.2 Å². The molecule has 2 amide bonds. The van der Waals surface area contributed by atoms with Gasteiger partial charge in [-0.25, -0.2) is 4.98 Å². The van der Waals surface area contributed by atoms with Gasteiger partial charge in [-0.1, -0.05) is 24.6 Å². The van der Waals surface area contributed by atoms with Gasteiger partial charge in [0.2, 0.25) is 17.6 Å². The summed E-state index contributed by atoms with van der Waals surface area (Å²) in [6.45, 7) is 2.10. The molecular formula is C24H28N6O4. The number of ether oxygens (including phenoxy) is 1. The Morgan fingerprint density at radius 3 is 2.76 bits per heavy atom. The number of rotatable bonds is 10. The number of nitrogens with zero attached hydrogens (tertiary/aromatic N) is 3. The van der Waals surface area contributed by atoms with E-state index in [9.17, 15) is 9.59 Å². The van der Waals surface area contributed by atoms with Crippen molar-refractivity contribution in [2.45, 2.75) is 39.0 Å². The number of unbranched alkanes of at least 4 members (excludes halogenated alkanes) is 1.